The fraction of sp³-hybridized carbons (Fsp3) is 0.308. The molecule has 112 valence electrons. The number of hydrogen-bond donors (Lipinski definition) is 0. The molecule has 0 aliphatic rings. The van der Waals surface area contributed by atoms with Gasteiger partial charge < -0.3 is 4.74 Å². The zero-order valence-electron chi connectivity index (χ0n) is 11.1. The van der Waals surface area contributed by atoms with Crippen LogP contribution in [-0.2, 0) is 6.18 Å². The molecule has 0 amide bonds. The van der Waals surface area contributed by atoms with Crippen LogP contribution in [0.2, 0.25) is 5.15 Å². The number of hydrogen-bond acceptors (Lipinski definition) is 4. The van der Waals surface area contributed by atoms with Crippen molar-refractivity contribution in [1.82, 2.24) is 15.0 Å². The second-order valence-corrected chi connectivity index (χ2v) is 4.86. The third-order valence-corrected chi connectivity index (χ3v) is 2.52. The second-order valence-electron chi connectivity index (χ2n) is 4.47. The topological polar surface area (TPSA) is 47.9 Å². The molecular formula is C13H11ClF3N3O. The van der Waals surface area contributed by atoms with Gasteiger partial charge in [0.15, 0.2) is 0 Å². The van der Waals surface area contributed by atoms with E-state index in [0.29, 0.717) is 11.3 Å². The number of alkyl halides is 3. The molecule has 0 N–H and O–H groups in total. The highest BCUT2D eigenvalue weighted by Crippen LogP contribution is 2.30. The summed E-state index contributed by atoms with van der Waals surface area (Å²) < 4.78 is 43.5. The van der Waals surface area contributed by atoms with Crippen molar-refractivity contribution < 1.29 is 17.9 Å². The summed E-state index contributed by atoms with van der Waals surface area (Å²) in [5.41, 5.74) is 0.395. The Hall–Kier alpha value is -1.89. The number of ether oxygens (including phenoxy) is 1. The molecule has 0 fully saturated rings. The Morgan fingerprint density at radius 2 is 1.86 bits per heavy atom. The van der Waals surface area contributed by atoms with E-state index in [1.54, 1.807) is 6.07 Å². The average Bonchev–Trinajstić information content (AvgIpc) is 2.36. The summed E-state index contributed by atoms with van der Waals surface area (Å²) in [4.78, 5) is 10.6. The normalized spacial score (nSPS) is 11.8. The van der Waals surface area contributed by atoms with E-state index in [1.165, 1.54) is 18.5 Å². The lowest BCUT2D eigenvalue weighted by Gasteiger charge is -2.11. The molecule has 4 nitrogen and oxygen atoms in total. The Balaban J connectivity index is 2.44. The van der Waals surface area contributed by atoms with E-state index >= 15 is 0 Å². The molecule has 0 radical (unpaired) electrons. The van der Waals surface area contributed by atoms with E-state index in [4.69, 9.17) is 16.3 Å². The van der Waals surface area contributed by atoms with Crippen LogP contribution in [0, 0.1) is 0 Å². The van der Waals surface area contributed by atoms with E-state index in [2.05, 4.69) is 15.0 Å². The van der Waals surface area contributed by atoms with Gasteiger partial charge in [0.2, 0.25) is 5.82 Å². The molecule has 0 atom stereocenters. The molecule has 0 aromatic carbocycles. The SMILES string of the molecule is CC(C)Oc1cncc(-c2cc(Cl)nc(C(F)(F)F)n2)c1. The molecule has 0 bridgehead atoms. The van der Waals surface area contributed by atoms with Crippen molar-refractivity contribution in [2.45, 2.75) is 26.1 Å². The summed E-state index contributed by atoms with van der Waals surface area (Å²) >= 11 is 5.63. The summed E-state index contributed by atoms with van der Waals surface area (Å²) in [6, 6.07) is 2.79. The van der Waals surface area contributed by atoms with Crippen molar-refractivity contribution in [3.63, 3.8) is 0 Å². The smallest absolute Gasteiger partial charge is 0.451 e. The van der Waals surface area contributed by atoms with Gasteiger partial charge in [0.05, 0.1) is 18.0 Å². The first-order valence-corrected chi connectivity index (χ1v) is 6.37. The van der Waals surface area contributed by atoms with Crippen LogP contribution in [0.4, 0.5) is 13.2 Å². The lowest BCUT2D eigenvalue weighted by atomic mass is 10.2. The molecule has 0 saturated heterocycles. The van der Waals surface area contributed by atoms with Gasteiger partial charge in [-0.15, -0.1) is 0 Å². The molecule has 2 rings (SSSR count). The molecule has 0 aliphatic carbocycles. The van der Waals surface area contributed by atoms with Gasteiger partial charge in [0.25, 0.3) is 0 Å². The van der Waals surface area contributed by atoms with Gasteiger partial charge >= 0.3 is 6.18 Å². The van der Waals surface area contributed by atoms with Crippen LogP contribution in [0.5, 0.6) is 5.75 Å². The maximum absolute atomic E-state index is 12.7. The second kappa shape index (κ2) is 5.85. The zero-order valence-corrected chi connectivity index (χ0v) is 11.9. The summed E-state index contributed by atoms with van der Waals surface area (Å²) in [5.74, 6) is -0.856. The average molecular weight is 318 g/mol. The van der Waals surface area contributed by atoms with Crippen molar-refractivity contribution >= 4 is 11.6 Å². The first kappa shape index (κ1) is 15.5. The lowest BCUT2D eigenvalue weighted by molar-refractivity contribution is -0.144. The van der Waals surface area contributed by atoms with Crippen molar-refractivity contribution in [1.29, 1.82) is 0 Å². The molecule has 8 heteroatoms. The van der Waals surface area contributed by atoms with Crippen LogP contribution >= 0.6 is 11.6 Å². The van der Waals surface area contributed by atoms with Gasteiger partial charge in [-0.3, -0.25) is 4.98 Å². The minimum Gasteiger partial charge on any atom is -0.489 e. The Morgan fingerprint density at radius 1 is 1.14 bits per heavy atom. The predicted octanol–water partition coefficient (Wildman–Crippen LogP) is 4.00. The third kappa shape index (κ3) is 4.04. The molecule has 2 aromatic rings. The van der Waals surface area contributed by atoms with E-state index in [1.807, 2.05) is 13.8 Å². The van der Waals surface area contributed by atoms with Crippen LogP contribution in [-0.4, -0.2) is 21.1 Å². The fourth-order valence-electron chi connectivity index (χ4n) is 1.59. The van der Waals surface area contributed by atoms with Gasteiger partial charge in [-0.1, -0.05) is 11.6 Å². The molecule has 0 aliphatic heterocycles. The Bertz CT molecular complexity index is 647. The number of halogens is 4. The van der Waals surface area contributed by atoms with Crippen molar-refractivity contribution in [2.75, 3.05) is 0 Å². The van der Waals surface area contributed by atoms with Crippen LogP contribution in [0.1, 0.15) is 19.7 Å². The van der Waals surface area contributed by atoms with Crippen molar-refractivity contribution in [2.24, 2.45) is 0 Å². The Labute approximate surface area is 124 Å². The number of pyridine rings is 1. The Kier molecular flexibility index (Phi) is 4.32. The maximum Gasteiger partial charge on any atom is 0.451 e. The van der Waals surface area contributed by atoms with E-state index in [9.17, 15) is 13.2 Å². The Morgan fingerprint density at radius 3 is 2.48 bits per heavy atom. The minimum atomic E-state index is -4.67. The first-order chi connectivity index (χ1) is 9.75. The molecule has 2 aromatic heterocycles. The van der Waals surface area contributed by atoms with Crippen LogP contribution in [0.25, 0.3) is 11.3 Å². The summed E-state index contributed by atoms with van der Waals surface area (Å²) in [7, 11) is 0. The lowest BCUT2D eigenvalue weighted by Crippen LogP contribution is -2.11. The van der Waals surface area contributed by atoms with E-state index in [0.717, 1.165) is 0 Å². The molecule has 0 saturated carbocycles. The minimum absolute atomic E-state index is 0.0315. The summed E-state index contributed by atoms with van der Waals surface area (Å²) in [6.07, 6.45) is -1.90. The molecule has 2 heterocycles. The summed E-state index contributed by atoms with van der Waals surface area (Å²) in [6.45, 7) is 3.66. The standard InChI is InChI=1S/C13H11ClF3N3O/c1-7(2)21-9-3-8(5-18-6-9)10-4-11(14)20-12(19-10)13(15,16)17/h3-7H,1-2H3. The quantitative estimate of drug-likeness (QED) is 0.803. The van der Waals surface area contributed by atoms with Crippen molar-refractivity contribution in [3.05, 3.63) is 35.5 Å². The fourth-order valence-corrected chi connectivity index (χ4v) is 1.77. The highest BCUT2D eigenvalue weighted by molar-refractivity contribution is 6.29. The predicted molar refractivity (Wildman–Crippen MR) is 71.0 cm³/mol. The van der Waals surface area contributed by atoms with Gasteiger partial charge in [-0.2, -0.15) is 13.2 Å². The van der Waals surface area contributed by atoms with Gasteiger partial charge in [0, 0.05) is 17.8 Å². The largest absolute Gasteiger partial charge is 0.489 e. The first-order valence-electron chi connectivity index (χ1n) is 5.99. The summed E-state index contributed by atoms with van der Waals surface area (Å²) in [5, 5.41) is -0.289. The van der Waals surface area contributed by atoms with Crippen LogP contribution < -0.4 is 4.74 Å². The number of rotatable bonds is 3. The highest BCUT2D eigenvalue weighted by Gasteiger charge is 2.35. The molecule has 21 heavy (non-hydrogen) atoms. The van der Waals surface area contributed by atoms with E-state index < -0.39 is 12.0 Å². The van der Waals surface area contributed by atoms with Crippen molar-refractivity contribution in [3.8, 4) is 17.0 Å². The van der Waals surface area contributed by atoms with Gasteiger partial charge in [-0.05, 0) is 19.9 Å². The number of nitrogens with zero attached hydrogens (tertiary/aromatic N) is 3. The molecule has 0 unspecified atom stereocenters. The van der Waals surface area contributed by atoms with Crippen LogP contribution in [0.3, 0.4) is 0 Å². The third-order valence-electron chi connectivity index (χ3n) is 2.33. The van der Waals surface area contributed by atoms with Gasteiger partial charge in [-0.25, -0.2) is 9.97 Å². The van der Waals surface area contributed by atoms with Crippen LogP contribution in [0.15, 0.2) is 24.5 Å². The highest BCUT2D eigenvalue weighted by atomic mass is 35.5. The van der Waals surface area contributed by atoms with Gasteiger partial charge in [0.1, 0.15) is 10.9 Å². The zero-order chi connectivity index (χ0) is 15.6. The van der Waals surface area contributed by atoms with E-state index in [-0.39, 0.29) is 17.0 Å². The number of aromatic nitrogens is 3. The monoisotopic (exact) mass is 317 g/mol. The maximum atomic E-state index is 12.7. The molecule has 0 spiro atoms. The molecular weight excluding hydrogens is 307 g/mol.